The Kier molecular flexibility index (Phi) is 23.2. The summed E-state index contributed by atoms with van der Waals surface area (Å²) in [5.74, 6) is 1.86. The first kappa shape index (κ1) is 24.3. The van der Waals surface area contributed by atoms with E-state index >= 15 is 0 Å². The Balaban J connectivity index is 0. The van der Waals surface area contributed by atoms with Gasteiger partial charge < -0.3 is 0 Å². The molecule has 22 heavy (non-hydrogen) atoms. The number of rotatable bonds is 14. The highest BCUT2D eigenvalue weighted by Gasteiger charge is 2.01. The monoisotopic (exact) mass is 312 g/mol. The summed E-state index contributed by atoms with van der Waals surface area (Å²) in [6, 6.07) is 0. The van der Waals surface area contributed by atoms with E-state index in [-0.39, 0.29) is 0 Å². The number of unbranched alkanes of at least 4 members (excludes halogenated alkanes) is 9. The Morgan fingerprint density at radius 3 is 1.14 bits per heavy atom. The summed E-state index contributed by atoms with van der Waals surface area (Å²) in [4.78, 5) is 0. The van der Waals surface area contributed by atoms with Gasteiger partial charge in [0.1, 0.15) is 0 Å². The van der Waals surface area contributed by atoms with Crippen LogP contribution in [0.3, 0.4) is 0 Å². The molecule has 0 aliphatic carbocycles. The zero-order chi connectivity index (χ0) is 17.1. The van der Waals surface area contributed by atoms with Crippen LogP contribution >= 0.6 is 0 Å². The number of hydrogen-bond acceptors (Lipinski definition) is 0. The Bertz CT molecular complexity index is 171. The minimum atomic E-state index is 0.884. The van der Waals surface area contributed by atoms with Crippen molar-refractivity contribution < 1.29 is 0 Å². The van der Waals surface area contributed by atoms with Crippen molar-refractivity contribution in [3.63, 3.8) is 0 Å². The highest BCUT2D eigenvalue weighted by molar-refractivity contribution is 4.55. The molecule has 0 bridgehead atoms. The van der Waals surface area contributed by atoms with Crippen LogP contribution in [0.2, 0.25) is 0 Å². The Labute approximate surface area is 143 Å². The molecule has 0 saturated heterocycles. The lowest BCUT2D eigenvalue weighted by Crippen LogP contribution is -1.95. The van der Waals surface area contributed by atoms with E-state index in [9.17, 15) is 0 Å². The zero-order valence-electron chi connectivity index (χ0n) is 17.1. The van der Waals surface area contributed by atoms with Crippen LogP contribution in [0, 0.1) is 11.8 Å². The van der Waals surface area contributed by atoms with Crippen LogP contribution in [0.1, 0.15) is 131 Å². The molecule has 0 aromatic rings. The van der Waals surface area contributed by atoms with Crippen LogP contribution in [0.4, 0.5) is 0 Å². The van der Waals surface area contributed by atoms with Crippen LogP contribution in [0.5, 0.6) is 0 Å². The average Bonchev–Trinajstić information content (AvgIpc) is 2.51. The van der Waals surface area contributed by atoms with Gasteiger partial charge in [0.15, 0.2) is 0 Å². The van der Waals surface area contributed by atoms with Crippen molar-refractivity contribution in [2.24, 2.45) is 11.8 Å². The molecule has 0 aromatic heterocycles. The largest absolute Gasteiger partial charge is 0.0654 e. The van der Waals surface area contributed by atoms with Crippen LogP contribution in [0.15, 0.2) is 0 Å². The van der Waals surface area contributed by atoms with E-state index in [4.69, 9.17) is 0 Å². The molecule has 0 amide bonds. The fraction of sp³-hybridized carbons (Fsp3) is 1.00. The molecule has 0 nitrogen and oxygen atoms in total. The molecular weight excluding hydrogens is 264 g/mol. The first-order valence-corrected chi connectivity index (χ1v) is 10.6. The maximum Gasteiger partial charge on any atom is -0.0443 e. The molecule has 136 valence electrons. The topological polar surface area (TPSA) is 0 Å². The van der Waals surface area contributed by atoms with E-state index in [1.54, 1.807) is 0 Å². The standard InChI is InChI=1S/C17H36.C5H12/c1-4-6-8-10-12-14-16-17(3)15-13-11-9-7-5-2;1-4-5(2)3/h17H,4-16H2,1-3H3;5H,4H2,1-3H3. The lowest BCUT2D eigenvalue weighted by Gasteiger charge is -2.10. The molecular formula is C22H48. The first-order valence-electron chi connectivity index (χ1n) is 10.6. The Morgan fingerprint density at radius 1 is 0.500 bits per heavy atom. The summed E-state index contributed by atoms with van der Waals surface area (Å²) in [5.41, 5.74) is 0. The van der Waals surface area contributed by atoms with Gasteiger partial charge in [-0.3, -0.25) is 0 Å². The third-order valence-electron chi connectivity index (χ3n) is 4.67. The molecule has 0 aliphatic rings. The molecule has 0 saturated carbocycles. The number of hydrogen-bond donors (Lipinski definition) is 0. The van der Waals surface area contributed by atoms with Gasteiger partial charge in [-0.25, -0.2) is 0 Å². The lowest BCUT2D eigenvalue weighted by atomic mass is 9.96. The smallest absolute Gasteiger partial charge is 0.0443 e. The van der Waals surface area contributed by atoms with Crippen molar-refractivity contribution in [2.75, 3.05) is 0 Å². The van der Waals surface area contributed by atoms with E-state index in [2.05, 4.69) is 41.5 Å². The van der Waals surface area contributed by atoms with E-state index < -0.39 is 0 Å². The molecule has 0 rings (SSSR count). The fourth-order valence-electron chi connectivity index (χ4n) is 2.51. The van der Waals surface area contributed by atoms with Gasteiger partial charge in [0.05, 0.1) is 0 Å². The van der Waals surface area contributed by atoms with Crippen LogP contribution in [-0.2, 0) is 0 Å². The summed E-state index contributed by atoms with van der Waals surface area (Å²) in [6.45, 7) is 13.7. The van der Waals surface area contributed by atoms with Gasteiger partial charge in [-0.15, -0.1) is 0 Å². The molecule has 0 heterocycles. The molecule has 0 radical (unpaired) electrons. The minimum Gasteiger partial charge on any atom is -0.0654 e. The Hall–Kier alpha value is 0. The van der Waals surface area contributed by atoms with Gasteiger partial charge in [-0.2, -0.15) is 0 Å². The summed E-state index contributed by atoms with van der Waals surface area (Å²) in [7, 11) is 0. The highest BCUT2D eigenvalue weighted by atomic mass is 14.1. The summed E-state index contributed by atoms with van der Waals surface area (Å²) < 4.78 is 0. The van der Waals surface area contributed by atoms with E-state index in [0.717, 1.165) is 11.8 Å². The van der Waals surface area contributed by atoms with E-state index in [0.29, 0.717) is 0 Å². The van der Waals surface area contributed by atoms with Crippen molar-refractivity contribution in [1.29, 1.82) is 0 Å². The van der Waals surface area contributed by atoms with Gasteiger partial charge in [0.2, 0.25) is 0 Å². The average molecular weight is 313 g/mol. The van der Waals surface area contributed by atoms with Crippen molar-refractivity contribution >= 4 is 0 Å². The molecule has 1 unspecified atom stereocenters. The van der Waals surface area contributed by atoms with E-state index in [1.165, 1.54) is 89.9 Å². The molecule has 0 heteroatoms. The zero-order valence-corrected chi connectivity index (χ0v) is 17.1. The van der Waals surface area contributed by atoms with Crippen molar-refractivity contribution in [1.82, 2.24) is 0 Å². The Morgan fingerprint density at radius 2 is 0.818 bits per heavy atom. The van der Waals surface area contributed by atoms with Crippen LogP contribution < -0.4 is 0 Å². The van der Waals surface area contributed by atoms with Gasteiger partial charge in [0, 0.05) is 0 Å². The van der Waals surface area contributed by atoms with Gasteiger partial charge in [-0.1, -0.05) is 131 Å². The maximum atomic E-state index is 2.45. The molecule has 0 aromatic carbocycles. The summed E-state index contributed by atoms with van der Waals surface area (Å²) >= 11 is 0. The SMILES string of the molecule is CCC(C)C.CCCCCCCCC(C)CCCCCCC. The second-order valence-corrected chi connectivity index (χ2v) is 7.67. The summed E-state index contributed by atoms with van der Waals surface area (Å²) in [5, 5.41) is 0. The van der Waals surface area contributed by atoms with Crippen molar-refractivity contribution in [3.8, 4) is 0 Å². The third-order valence-corrected chi connectivity index (χ3v) is 4.67. The molecule has 1 atom stereocenters. The predicted octanol–water partition coefficient (Wildman–Crippen LogP) is 8.79. The first-order chi connectivity index (χ1) is 10.6. The maximum absolute atomic E-state index is 2.45. The predicted molar refractivity (Wildman–Crippen MR) is 106 cm³/mol. The molecule has 0 spiro atoms. The van der Waals surface area contributed by atoms with E-state index in [1.807, 2.05) is 0 Å². The van der Waals surface area contributed by atoms with Crippen LogP contribution in [-0.4, -0.2) is 0 Å². The van der Waals surface area contributed by atoms with Crippen molar-refractivity contribution in [2.45, 2.75) is 131 Å². The quantitative estimate of drug-likeness (QED) is 0.281. The van der Waals surface area contributed by atoms with Gasteiger partial charge in [0.25, 0.3) is 0 Å². The van der Waals surface area contributed by atoms with Crippen molar-refractivity contribution in [3.05, 3.63) is 0 Å². The van der Waals surface area contributed by atoms with Gasteiger partial charge >= 0.3 is 0 Å². The second-order valence-electron chi connectivity index (χ2n) is 7.67. The minimum absolute atomic E-state index is 0.884. The molecule has 0 aliphatic heterocycles. The third kappa shape index (κ3) is 25.0. The second kappa shape index (κ2) is 21.0. The lowest BCUT2D eigenvalue weighted by molar-refractivity contribution is 0.432. The van der Waals surface area contributed by atoms with Gasteiger partial charge in [-0.05, 0) is 11.8 Å². The summed E-state index contributed by atoms with van der Waals surface area (Å²) in [6.07, 6.45) is 20.1. The molecule has 0 fully saturated rings. The fourth-order valence-corrected chi connectivity index (χ4v) is 2.51. The highest BCUT2D eigenvalue weighted by Crippen LogP contribution is 2.18. The normalized spacial score (nSPS) is 12.1. The molecule has 0 N–H and O–H groups in total. The van der Waals surface area contributed by atoms with Crippen LogP contribution in [0.25, 0.3) is 0 Å².